The van der Waals surface area contributed by atoms with Gasteiger partial charge < -0.3 is 9.30 Å². The Kier molecular flexibility index (Phi) is 5.98. The summed E-state index contributed by atoms with van der Waals surface area (Å²) in [6, 6.07) is 14.5. The molecule has 2 aromatic carbocycles. The topological polar surface area (TPSA) is 57.8 Å². The summed E-state index contributed by atoms with van der Waals surface area (Å²) in [6.07, 6.45) is 7.74. The molecule has 0 saturated heterocycles. The molecule has 0 unspecified atom stereocenters. The van der Waals surface area contributed by atoms with Crippen molar-refractivity contribution >= 4 is 22.6 Å². The molecule has 0 bridgehead atoms. The second-order valence-electron chi connectivity index (χ2n) is 7.88. The molecule has 0 spiro atoms. The lowest BCUT2D eigenvalue weighted by atomic mass is 10.1. The van der Waals surface area contributed by atoms with Crippen LogP contribution in [0.2, 0.25) is 5.02 Å². The monoisotopic (exact) mass is 479 g/mol. The van der Waals surface area contributed by atoms with E-state index in [1.165, 1.54) is 12.1 Å². The van der Waals surface area contributed by atoms with Gasteiger partial charge in [-0.1, -0.05) is 17.7 Å². The van der Waals surface area contributed by atoms with Crippen LogP contribution in [-0.2, 0) is 20.0 Å². The van der Waals surface area contributed by atoms with Gasteiger partial charge in [-0.15, -0.1) is 0 Å². The van der Waals surface area contributed by atoms with Crippen LogP contribution in [0.1, 0.15) is 17.0 Å². The number of hydrogen-bond acceptors (Lipinski definition) is 4. The smallest absolute Gasteiger partial charge is 0.387 e. The van der Waals surface area contributed by atoms with Crippen LogP contribution >= 0.6 is 11.6 Å². The Morgan fingerprint density at radius 2 is 1.85 bits per heavy atom. The van der Waals surface area contributed by atoms with Crippen molar-refractivity contribution in [2.75, 3.05) is 0 Å². The predicted molar refractivity (Wildman–Crippen MR) is 126 cm³/mol. The van der Waals surface area contributed by atoms with Gasteiger partial charge in [0.15, 0.2) is 0 Å². The number of pyridine rings is 1. The summed E-state index contributed by atoms with van der Waals surface area (Å²) in [7, 11) is 1.86. The quantitative estimate of drug-likeness (QED) is 0.299. The van der Waals surface area contributed by atoms with Crippen LogP contribution < -0.4 is 4.74 Å². The molecule has 0 aliphatic rings. The summed E-state index contributed by atoms with van der Waals surface area (Å²) < 4.78 is 34.6. The maximum Gasteiger partial charge on any atom is 0.387 e. The Morgan fingerprint density at radius 3 is 2.59 bits per heavy atom. The summed E-state index contributed by atoms with van der Waals surface area (Å²) in [6.45, 7) is -2.68. The molecular weight excluding hydrogens is 460 g/mol. The molecular formula is C25H20ClF2N5O. The van der Waals surface area contributed by atoms with Crippen molar-refractivity contribution < 1.29 is 13.5 Å². The molecule has 0 aliphatic heterocycles. The second kappa shape index (κ2) is 9.23. The molecule has 0 saturated carbocycles. The van der Waals surface area contributed by atoms with E-state index in [-0.39, 0.29) is 12.3 Å². The van der Waals surface area contributed by atoms with E-state index < -0.39 is 6.61 Å². The third-order valence-corrected chi connectivity index (χ3v) is 5.78. The van der Waals surface area contributed by atoms with Crippen molar-refractivity contribution in [3.8, 4) is 16.9 Å². The summed E-state index contributed by atoms with van der Waals surface area (Å²) >= 11 is 6.20. The first-order valence-electron chi connectivity index (χ1n) is 10.6. The Hall–Kier alpha value is -3.78. The van der Waals surface area contributed by atoms with Crippen LogP contribution in [-0.4, -0.2) is 30.9 Å². The maximum absolute atomic E-state index is 13.1. The van der Waals surface area contributed by atoms with E-state index in [2.05, 4.69) is 10.1 Å². The highest BCUT2D eigenvalue weighted by Gasteiger charge is 2.17. The van der Waals surface area contributed by atoms with Crippen LogP contribution in [0.5, 0.6) is 5.75 Å². The van der Waals surface area contributed by atoms with Crippen molar-refractivity contribution in [3.05, 3.63) is 95.3 Å². The highest BCUT2D eigenvalue weighted by Crippen LogP contribution is 2.30. The minimum atomic E-state index is -2.94. The first-order chi connectivity index (χ1) is 16.5. The van der Waals surface area contributed by atoms with E-state index in [9.17, 15) is 8.78 Å². The molecule has 0 amide bonds. The van der Waals surface area contributed by atoms with Crippen LogP contribution in [0, 0.1) is 0 Å². The predicted octanol–water partition coefficient (Wildman–Crippen LogP) is 5.73. The molecule has 9 heteroatoms. The summed E-state index contributed by atoms with van der Waals surface area (Å²) in [5, 5.41) is 4.70. The van der Waals surface area contributed by atoms with E-state index in [4.69, 9.17) is 21.3 Å². The van der Waals surface area contributed by atoms with Crippen molar-refractivity contribution in [3.63, 3.8) is 0 Å². The van der Waals surface area contributed by atoms with Crippen molar-refractivity contribution in [1.82, 2.24) is 24.3 Å². The lowest BCUT2D eigenvalue weighted by molar-refractivity contribution is -0.0504. The number of aromatic nitrogens is 5. The van der Waals surface area contributed by atoms with Gasteiger partial charge in [0.05, 0.1) is 23.8 Å². The summed E-state index contributed by atoms with van der Waals surface area (Å²) in [5.74, 6) is 0.868. The summed E-state index contributed by atoms with van der Waals surface area (Å²) in [4.78, 5) is 8.94. The molecule has 3 aromatic heterocycles. The fourth-order valence-corrected chi connectivity index (χ4v) is 4.16. The highest BCUT2D eigenvalue weighted by molar-refractivity contribution is 6.30. The van der Waals surface area contributed by atoms with Gasteiger partial charge in [-0.05, 0) is 53.6 Å². The van der Waals surface area contributed by atoms with Gasteiger partial charge in [0, 0.05) is 48.2 Å². The third kappa shape index (κ3) is 4.63. The van der Waals surface area contributed by atoms with Crippen molar-refractivity contribution in [2.24, 2.45) is 7.05 Å². The van der Waals surface area contributed by atoms with E-state index >= 15 is 0 Å². The van der Waals surface area contributed by atoms with Gasteiger partial charge in [-0.25, -0.2) is 4.98 Å². The number of benzene rings is 2. The number of halogens is 3. The fourth-order valence-electron chi connectivity index (χ4n) is 3.97. The SMILES string of the molecule is Cn1cc(-c2ccc3nc(Cc4ccncc4)n(Cc4cc(Cl)ccc4OC(F)F)c3c2)cn1. The molecule has 0 radical (unpaired) electrons. The minimum Gasteiger partial charge on any atom is -0.434 e. The van der Waals surface area contributed by atoms with Gasteiger partial charge in [-0.3, -0.25) is 9.67 Å². The number of rotatable bonds is 7. The minimum absolute atomic E-state index is 0.0829. The zero-order valence-corrected chi connectivity index (χ0v) is 19.0. The first-order valence-corrected chi connectivity index (χ1v) is 10.9. The van der Waals surface area contributed by atoms with Gasteiger partial charge in [0.25, 0.3) is 0 Å². The Balaban J connectivity index is 1.64. The van der Waals surface area contributed by atoms with Crippen molar-refractivity contribution in [2.45, 2.75) is 19.6 Å². The van der Waals surface area contributed by atoms with Gasteiger partial charge in [-0.2, -0.15) is 13.9 Å². The number of imidazole rings is 1. The average Bonchev–Trinajstić information content (AvgIpc) is 3.39. The fraction of sp³-hybridized carbons (Fsp3) is 0.160. The number of ether oxygens (including phenoxy) is 1. The lowest BCUT2D eigenvalue weighted by Gasteiger charge is -2.15. The molecule has 0 aliphatic carbocycles. The largest absolute Gasteiger partial charge is 0.434 e. The molecule has 0 atom stereocenters. The molecule has 0 N–H and O–H groups in total. The molecule has 3 heterocycles. The van der Waals surface area contributed by atoms with Gasteiger partial charge >= 0.3 is 6.61 Å². The van der Waals surface area contributed by atoms with E-state index in [0.29, 0.717) is 17.0 Å². The maximum atomic E-state index is 13.1. The number of hydrogen-bond donors (Lipinski definition) is 0. The third-order valence-electron chi connectivity index (χ3n) is 5.54. The summed E-state index contributed by atoms with van der Waals surface area (Å²) in [5.41, 5.74) is 5.19. The Bertz CT molecular complexity index is 1450. The zero-order chi connectivity index (χ0) is 23.7. The normalized spacial score (nSPS) is 11.4. The number of aryl methyl sites for hydroxylation is 1. The number of fused-ring (bicyclic) bond motifs is 1. The molecule has 6 nitrogen and oxygen atoms in total. The van der Waals surface area contributed by atoms with Crippen molar-refractivity contribution in [1.29, 1.82) is 0 Å². The number of nitrogens with zero attached hydrogens (tertiary/aromatic N) is 5. The highest BCUT2D eigenvalue weighted by atomic mass is 35.5. The molecule has 34 heavy (non-hydrogen) atoms. The second-order valence-corrected chi connectivity index (χ2v) is 8.32. The molecule has 5 rings (SSSR count). The van der Waals surface area contributed by atoms with Crippen LogP contribution in [0.25, 0.3) is 22.2 Å². The van der Waals surface area contributed by atoms with Crippen LogP contribution in [0.4, 0.5) is 8.78 Å². The standard InChI is InChI=1S/C25H20ClF2N5O/c1-32-14-19(13-30-32)17-2-4-21-22(12-17)33(24(31-21)10-16-6-8-29-9-7-16)15-18-11-20(26)3-5-23(18)34-25(27)28/h2-9,11-14,25H,10,15H2,1H3. The van der Waals surface area contributed by atoms with E-state index in [1.807, 2.05) is 48.1 Å². The first kappa shape index (κ1) is 22.0. The Labute approximate surface area is 199 Å². The number of alkyl halides is 2. The van der Waals surface area contributed by atoms with E-state index in [1.54, 1.807) is 29.3 Å². The Morgan fingerprint density at radius 1 is 1.03 bits per heavy atom. The molecule has 172 valence electrons. The van der Waals surface area contributed by atoms with E-state index in [0.717, 1.165) is 33.5 Å². The molecule has 0 fully saturated rings. The van der Waals surface area contributed by atoms with Crippen LogP contribution in [0.3, 0.4) is 0 Å². The molecule has 5 aromatic rings. The van der Waals surface area contributed by atoms with Gasteiger partial charge in [0.2, 0.25) is 0 Å². The lowest BCUT2D eigenvalue weighted by Crippen LogP contribution is -2.10. The van der Waals surface area contributed by atoms with Gasteiger partial charge in [0.1, 0.15) is 11.6 Å². The zero-order valence-electron chi connectivity index (χ0n) is 18.2. The average molecular weight is 480 g/mol. The van der Waals surface area contributed by atoms with Crippen LogP contribution in [0.15, 0.2) is 73.3 Å².